The molecule has 0 spiro atoms. The van der Waals surface area contributed by atoms with Gasteiger partial charge in [0.15, 0.2) is 5.11 Å². The quantitative estimate of drug-likeness (QED) is 0.800. The lowest BCUT2D eigenvalue weighted by molar-refractivity contribution is -0.0473. The molecule has 0 aliphatic carbocycles. The van der Waals surface area contributed by atoms with Crippen molar-refractivity contribution in [3.05, 3.63) is 28.7 Å². The third-order valence-electron chi connectivity index (χ3n) is 2.80. The summed E-state index contributed by atoms with van der Waals surface area (Å²) in [5.41, 5.74) is 1.01. The fourth-order valence-corrected chi connectivity index (χ4v) is 2.61. The Morgan fingerprint density at radius 3 is 2.39 bits per heavy atom. The number of morpholine rings is 1. The maximum atomic E-state index is 5.70. The van der Waals surface area contributed by atoms with Crippen molar-refractivity contribution in [2.45, 2.75) is 26.1 Å². The molecule has 3 nitrogen and oxygen atoms in total. The van der Waals surface area contributed by atoms with Crippen LogP contribution in [0, 0.1) is 0 Å². The number of ether oxygens (including phenoxy) is 1. The van der Waals surface area contributed by atoms with E-state index in [1.54, 1.807) is 0 Å². The van der Waals surface area contributed by atoms with Gasteiger partial charge in [-0.05, 0) is 50.3 Å². The van der Waals surface area contributed by atoms with Crippen molar-refractivity contribution in [2.75, 3.05) is 18.4 Å². The fourth-order valence-electron chi connectivity index (χ4n) is 2.08. The summed E-state index contributed by atoms with van der Waals surface area (Å²) in [5.74, 6) is 0. The molecule has 5 heteroatoms. The van der Waals surface area contributed by atoms with Gasteiger partial charge in [-0.2, -0.15) is 0 Å². The van der Waals surface area contributed by atoms with Crippen LogP contribution in [-0.2, 0) is 4.74 Å². The van der Waals surface area contributed by atoms with E-state index >= 15 is 0 Å². The maximum absolute atomic E-state index is 5.70. The van der Waals surface area contributed by atoms with Gasteiger partial charge in [-0.1, -0.05) is 15.9 Å². The molecular formula is C13H17BrN2OS. The third kappa shape index (κ3) is 3.67. The Kier molecular flexibility index (Phi) is 4.59. The highest BCUT2D eigenvalue weighted by Crippen LogP contribution is 2.16. The van der Waals surface area contributed by atoms with Gasteiger partial charge in [0.05, 0.1) is 12.2 Å². The summed E-state index contributed by atoms with van der Waals surface area (Å²) >= 11 is 8.86. The highest BCUT2D eigenvalue weighted by atomic mass is 79.9. The average molecular weight is 329 g/mol. The largest absolute Gasteiger partial charge is 0.372 e. The minimum Gasteiger partial charge on any atom is -0.372 e. The number of nitrogens with one attached hydrogen (secondary N) is 1. The zero-order valence-corrected chi connectivity index (χ0v) is 12.9. The first-order valence-electron chi connectivity index (χ1n) is 6.01. The molecule has 0 amide bonds. The van der Waals surface area contributed by atoms with E-state index in [9.17, 15) is 0 Å². The van der Waals surface area contributed by atoms with Gasteiger partial charge >= 0.3 is 0 Å². The summed E-state index contributed by atoms with van der Waals surface area (Å²) in [7, 11) is 0. The lowest BCUT2D eigenvalue weighted by atomic mass is 10.2. The van der Waals surface area contributed by atoms with Crippen LogP contribution in [0.3, 0.4) is 0 Å². The van der Waals surface area contributed by atoms with Crippen LogP contribution in [0.15, 0.2) is 28.7 Å². The van der Waals surface area contributed by atoms with Crippen LogP contribution in [0.5, 0.6) is 0 Å². The second kappa shape index (κ2) is 5.99. The predicted octanol–water partition coefficient (Wildman–Crippen LogP) is 3.26. The van der Waals surface area contributed by atoms with E-state index in [4.69, 9.17) is 17.0 Å². The van der Waals surface area contributed by atoms with E-state index in [2.05, 4.69) is 40.0 Å². The van der Waals surface area contributed by atoms with Gasteiger partial charge < -0.3 is 15.0 Å². The molecule has 1 heterocycles. The van der Waals surface area contributed by atoms with Crippen LogP contribution in [0.1, 0.15) is 13.8 Å². The number of benzene rings is 1. The Hall–Kier alpha value is -0.650. The highest BCUT2D eigenvalue weighted by molar-refractivity contribution is 9.10. The average Bonchev–Trinajstić information content (AvgIpc) is 2.31. The summed E-state index contributed by atoms with van der Waals surface area (Å²) in [6.07, 6.45) is 0.442. The second-order valence-corrected chi connectivity index (χ2v) is 5.90. The van der Waals surface area contributed by atoms with E-state index in [1.165, 1.54) is 0 Å². The predicted molar refractivity (Wildman–Crippen MR) is 81.9 cm³/mol. The lowest BCUT2D eigenvalue weighted by Gasteiger charge is -2.36. The summed E-state index contributed by atoms with van der Waals surface area (Å²) in [4.78, 5) is 2.16. The van der Waals surface area contributed by atoms with Crippen LogP contribution < -0.4 is 5.32 Å². The number of rotatable bonds is 1. The molecule has 1 aromatic rings. The topological polar surface area (TPSA) is 24.5 Å². The number of hydrogen-bond acceptors (Lipinski definition) is 2. The molecule has 1 aromatic carbocycles. The van der Waals surface area contributed by atoms with Gasteiger partial charge in [0, 0.05) is 23.2 Å². The molecule has 1 N–H and O–H groups in total. The molecule has 1 fully saturated rings. The Balaban J connectivity index is 1.97. The molecule has 2 rings (SSSR count). The number of hydrogen-bond donors (Lipinski definition) is 1. The van der Waals surface area contributed by atoms with Crippen molar-refractivity contribution in [1.82, 2.24) is 4.90 Å². The van der Waals surface area contributed by atoms with Crippen molar-refractivity contribution < 1.29 is 4.74 Å². The minimum absolute atomic E-state index is 0.221. The summed E-state index contributed by atoms with van der Waals surface area (Å²) in [6.45, 7) is 5.83. The molecule has 1 aliphatic rings. The monoisotopic (exact) mass is 328 g/mol. The third-order valence-corrected chi connectivity index (χ3v) is 3.69. The summed E-state index contributed by atoms with van der Waals surface area (Å²) in [5, 5.41) is 4.02. The van der Waals surface area contributed by atoms with Gasteiger partial charge in [0.1, 0.15) is 0 Å². The lowest BCUT2D eigenvalue weighted by Crippen LogP contribution is -2.49. The molecule has 0 saturated carbocycles. The van der Waals surface area contributed by atoms with Crippen molar-refractivity contribution in [1.29, 1.82) is 0 Å². The van der Waals surface area contributed by atoms with E-state index < -0.39 is 0 Å². The van der Waals surface area contributed by atoms with Crippen LogP contribution in [0.4, 0.5) is 5.69 Å². The van der Waals surface area contributed by atoms with Gasteiger partial charge in [-0.3, -0.25) is 0 Å². The van der Waals surface area contributed by atoms with Gasteiger partial charge in [0.25, 0.3) is 0 Å². The van der Waals surface area contributed by atoms with Crippen molar-refractivity contribution in [2.24, 2.45) is 0 Å². The Labute approximate surface area is 122 Å². The maximum Gasteiger partial charge on any atom is 0.173 e. The molecule has 2 atom stereocenters. The van der Waals surface area contributed by atoms with Crippen molar-refractivity contribution in [3.8, 4) is 0 Å². The molecule has 0 aromatic heterocycles. The zero-order chi connectivity index (χ0) is 13.1. The van der Waals surface area contributed by atoms with Gasteiger partial charge in [-0.25, -0.2) is 0 Å². The molecule has 0 bridgehead atoms. The number of halogens is 1. The minimum atomic E-state index is 0.221. The number of thiocarbonyl (C=S) groups is 1. The molecule has 18 heavy (non-hydrogen) atoms. The van der Waals surface area contributed by atoms with Crippen LogP contribution in [0.25, 0.3) is 0 Å². The van der Waals surface area contributed by atoms with Gasteiger partial charge in [-0.15, -0.1) is 0 Å². The number of anilines is 1. The molecular weight excluding hydrogens is 312 g/mol. The van der Waals surface area contributed by atoms with Crippen LogP contribution in [-0.4, -0.2) is 35.3 Å². The summed E-state index contributed by atoms with van der Waals surface area (Å²) < 4.78 is 6.76. The standard InChI is InChI=1S/C13H17BrN2OS/c1-9-7-16(8-10(2)17-9)13(18)15-12-5-3-11(14)4-6-12/h3-6,9-10H,7-8H2,1-2H3,(H,15,18)/t9-,10-/m1/s1. The SMILES string of the molecule is C[C@@H]1CN(C(=S)Nc2ccc(Br)cc2)C[C@@H](C)O1. The Morgan fingerprint density at radius 2 is 1.83 bits per heavy atom. The normalized spacial score (nSPS) is 23.8. The smallest absolute Gasteiger partial charge is 0.173 e. The molecule has 98 valence electrons. The molecule has 0 radical (unpaired) electrons. The molecule has 0 unspecified atom stereocenters. The zero-order valence-electron chi connectivity index (χ0n) is 10.5. The fraction of sp³-hybridized carbons (Fsp3) is 0.462. The first kappa shape index (κ1) is 13.8. The van der Waals surface area contributed by atoms with E-state index in [1.807, 2.05) is 24.3 Å². The second-order valence-electron chi connectivity index (χ2n) is 4.60. The van der Waals surface area contributed by atoms with Gasteiger partial charge in [0.2, 0.25) is 0 Å². The van der Waals surface area contributed by atoms with Crippen molar-refractivity contribution in [3.63, 3.8) is 0 Å². The van der Waals surface area contributed by atoms with E-state index in [0.717, 1.165) is 28.4 Å². The van der Waals surface area contributed by atoms with E-state index in [-0.39, 0.29) is 12.2 Å². The Bertz CT molecular complexity index is 414. The Morgan fingerprint density at radius 1 is 1.28 bits per heavy atom. The number of nitrogens with zero attached hydrogens (tertiary/aromatic N) is 1. The first-order valence-corrected chi connectivity index (χ1v) is 7.21. The highest BCUT2D eigenvalue weighted by Gasteiger charge is 2.23. The first-order chi connectivity index (χ1) is 8.54. The molecule has 1 saturated heterocycles. The summed E-state index contributed by atoms with van der Waals surface area (Å²) in [6, 6.07) is 8.00. The van der Waals surface area contributed by atoms with Crippen LogP contribution in [0.2, 0.25) is 0 Å². The molecule has 1 aliphatic heterocycles. The van der Waals surface area contributed by atoms with E-state index in [0.29, 0.717) is 0 Å². The van der Waals surface area contributed by atoms with Crippen molar-refractivity contribution >= 4 is 38.9 Å². The van der Waals surface area contributed by atoms with Crippen LogP contribution >= 0.6 is 28.1 Å².